The number of amides is 2. The van der Waals surface area contributed by atoms with Crippen LogP contribution in [0.2, 0.25) is 0 Å². The lowest BCUT2D eigenvalue weighted by atomic mass is 9.86. The van der Waals surface area contributed by atoms with Crippen molar-refractivity contribution in [2.45, 2.75) is 77.1 Å². The number of aliphatic hydroxyl groups is 1. The number of aliphatic hydroxyl groups excluding tert-OH is 1. The Labute approximate surface area is 202 Å². The molecule has 0 bridgehead atoms. The van der Waals surface area contributed by atoms with Gasteiger partial charge in [0.2, 0.25) is 5.91 Å². The van der Waals surface area contributed by atoms with E-state index in [9.17, 15) is 14.7 Å². The molecule has 2 aliphatic heterocycles. The Morgan fingerprint density at radius 1 is 1.24 bits per heavy atom. The largest absolute Gasteiger partial charge is 0.442 e. The normalized spacial score (nSPS) is 28.6. The fraction of sp³-hybridized carbons (Fsp3) is 0.680. The van der Waals surface area contributed by atoms with E-state index in [1.807, 2.05) is 19.1 Å². The Morgan fingerprint density at radius 2 is 1.94 bits per heavy atom. The number of hydrogen-bond donors (Lipinski definition) is 3. The first-order valence-electron chi connectivity index (χ1n) is 11.8. The second kappa shape index (κ2) is 13.6. The smallest absolute Gasteiger partial charge is 0.407 e. The van der Waals surface area contributed by atoms with Crippen molar-refractivity contribution < 1.29 is 33.6 Å². The van der Waals surface area contributed by atoms with E-state index in [1.165, 1.54) is 19.2 Å². The topological polar surface area (TPSA) is 115 Å². The minimum Gasteiger partial charge on any atom is -0.442 e. The highest BCUT2D eigenvalue weighted by Crippen LogP contribution is 2.32. The van der Waals surface area contributed by atoms with Gasteiger partial charge in [-0.3, -0.25) is 4.79 Å². The quantitative estimate of drug-likeness (QED) is 0.343. The standard InChI is InChI=1S/C25H40N2O7/c1-17(6-9-21-12-19(14-28)13-25(3,4)34-21)7-11-23-31-15-20(16-32-23)27-22(29)10-8-18(2)33-24(30)26-5/h6-10,18-21,23,28H,11-16H2,1-5H3,(H,26,30)(H,27,29)/b9-6+,10-8-,17-7+/t18-,19-,20?,21+,23?/m0/s1. The summed E-state index contributed by atoms with van der Waals surface area (Å²) in [6.45, 7) is 8.69. The van der Waals surface area contributed by atoms with Crippen molar-refractivity contribution >= 4 is 12.0 Å². The summed E-state index contributed by atoms with van der Waals surface area (Å²) in [5.41, 5.74) is 0.842. The summed E-state index contributed by atoms with van der Waals surface area (Å²) in [4.78, 5) is 23.2. The molecular formula is C25H40N2O7. The fourth-order valence-corrected chi connectivity index (χ4v) is 3.98. The number of carbonyl (C=O) groups excluding carboxylic acids is 2. The number of alkyl carbamates (subject to hydrolysis) is 1. The van der Waals surface area contributed by atoms with Crippen LogP contribution in [0, 0.1) is 5.92 Å². The minimum atomic E-state index is -0.556. The molecule has 0 aromatic rings. The molecule has 0 spiro atoms. The van der Waals surface area contributed by atoms with E-state index >= 15 is 0 Å². The van der Waals surface area contributed by atoms with E-state index in [0.29, 0.717) is 19.6 Å². The monoisotopic (exact) mass is 480 g/mol. The van der Waals surface area contributed by atoms with E-state index < -0.39 is 12.2 Å². The zero-order chi connectivity index (χ0) is 25.1. The van der Waals surface area contributed by atoms with Gasteiger partial charge >= 0.3 is 6.09 Å². The Kier molecular flexibility index (Phi) is 11.2. The predicted octanol–water partition coefficient (Wildman–Crippen LogP) is 2.60. The van der Waals surface area contributed by atoms with Gasteiger partial charge in [0.25, 0.3) is 0 Å². The highest BCUT2D eigenvalue weighted by atomic mass is 16.7. The summed E-state index contributed by atoms with van der Waals surface area (Å²) < 4.78 is 22.5. The van der Waals surface area contributed by atoms with Gasteiger partial charge < -0.3 is 34.7 Å². The van der Waals surface area contributed by atoms with Crippen LogP contribution < -0.4 is 10.6 Å². The predicted molar refractivity (Wildman–Crippen MR) is 128 cm³/mol. The maximum Gasteiger partial charge on any atom is 0.407 e. The van der Waals surface area contributed by atoms with Crippen molar-refractivity contribution in [1.82, 2.24) is 10.6 Å². The molecule has 34 heavy (non-hydrogen) atoms. The third-order valence-electron chi connectivity index (χ3n) is 5.61. The lowest BCUT2D eigenvalue weighted by Crippen LogP contribution is -2.46. The lowest BCUT2D eigenvalue weighted by Gasteiger charge is -2.39. The van der Waals surface area contributed by atoms with Crippen LogP contribution in [0.25, 0.3) is 0 Å². The number of allylic oxidation sites excluding steroid dienone is 2. The third-order valence-corrected chi connectivity index (χ3v) is 5.61. The van der Waals surface area contributed by atoms with Gasteiger partial charge in [0.1, 0.15) is 6.10 Å². The molecule has 0 aromatic carbocycles. The van der Waals surface area contributed by atoms with Crippen LogP contribution in [0.1, 0.15) is 47.0 Å². The number of carbonyl (C=O) groups is 2. The van der Waals surface area contributed by atoms with E-state index in [0.717, 1.165) is 18.4 Å². The summed E-state index contributed by atoms with van der Waals surface area (Å²) in [7, 11) is 1.47. The second-order valence-corrected chi connectivity index (χ2v) is 9.47. The van der Waals surface area contributed by atoms with E-state index in [-0.39, 0.29) is 42.5 Å². The lowest BCUT2D eigenvalue weighted by molar-refractivity contribution is -0.187. The van der Waals surface area contributed by atoms with Crippen LogP contribution in [0.5, 0.6) is 0 Å². The maximum atomic E-state index is 12.0. The highest BCUT2D eigenvalue weighted by Gasteiger charge is 2.33. The first kappa shape index (κ1) is 28.0. The molecule has 192 valence electrons. The van der Waals surface area contributed by atoms with Crippen LogP contribution in [0.3, 0.4) is 0 Å². The molecule has 9 nitrogen and oxygen atoms in total. The Balaban J connectivity index is 1.71. The number of rotatable bonds is 9. The molecule has 2 aliphatic rings. The van der Waals surface area contributed by atoms with Gasteiger partial charge in [-0.05, 0) is 52.5 Å². The Morgan fingerprint density at radius 3 is 2.59 bits per heavy atom. The van der Waals surface area contributed by atoms with E-state index in [2.05, 4.69) is 30.6 Å². The van der Waals surface area contributed by atoms with Gasteiger partial charge in [-0.15, -0.1) is 0 Å². The molecule has 3 N–H and O–H groups in total. The minimum absolute atomic E-state index is 0.0109. The molecule has 2 fully saturated rings. The number of nitrogens with one attached hydrogen (secondary N) is 2. The van der Waals surface area contributed by atoms with Crippen molar-refractivity contribution in [2.24, 2.45) is 5.92 Å². The molecular weight excluding hydrogens is 440 g/mol. The summed E-state index contributed by atoms with van der Waals surface area (Å²) in [5.74, 6) is -0.0459. The molecule has 0 saturated carbocycles. The van der Waals surface area contributed by atoms with Crippen LogP contribution in [0.15, 0.2) is 36.0 Å². The average Bonchev–Trinajstić information content (AvgIpc) is 2.79. The van der Waals surface area contributed by atoms with Gasteiger partial charge in [0, 0.05) is 26.2 Å². The molecule has 2 rings (SSSR count). The van der Waals surface area contributed by atoms with Crippen molar-refractivity contribution in [3.05, 3.63) is 36.0 Å². The van der Waals surface area contributed by atoms with Gasteiger partial charge in [0.15, 0.2) is 6.29 Å². The molecule has 2 saturated heterocycles. The van der Waals surface area contributed by atoms with E-state index in [1.54, 1.807) is 6.92 Å². The average molecular weight is 481 g/mol. The van der Waals surface area contributed by atoms with Crippen LogP contribution in [-0.4, -0.2) is 74.1 Å². The first-order chi connectivity index (χ1) is 16.1. The highest BCUT2D eigenvalue weighted by molar-refractivity contribution is 5.87. The summed E-state index contributed by atoms with van der Waals surface area (Å²) in [6.07, 6.45) is 9.80. The third kappa shape index (κ3) is 10.4. The van der Waals surface area contributed by atoms with Crippen LogP contribution in [0.4, 0.5) is 4.79 Å². The molecule has 0 aromatic heterocycles. The molecule has 0 unspecified atom stereocenters. The van der Waals surface area contributed by atoms with Crippen molar-refractivity contribution in [2.75, 3.05) is 26.9 Å². The van der Waals surface area contributed by atoms with Gasteiger partial charge in [-0.25, -0.2) is 4.79 Å². The van der Waals surface area contributed by atoms with Gasteiger partial charge in [0.05, 0.1) is 31.0 Å². The summed E-state index contributed by atoms with van der Waals surface area (Å²) in [6, 6.07) is -0.250. The van der Waals surface area contributed by atoms with Crippen molar-refractivity contribution in [1.29, 1.82) is 0 Å². The van der Waals surface area contributed by atoms with Crippen LogP contribution >= 0.6 is 0 Å². The van der Waals surface area contributed by atoms with Crippen molar-refractivity contribution in [3.8, 4) is 0 Å². The molecule has 0 aliphatic carbocycles. The van der Waals surface area contributed by atoms with Gasteiger partial charge in [-0.2, -0.15) is 0 Å². The SMILES string of the molecule is CNC(=O)O[C@@H](C)/C=C\C(=O)NC1COC(C/C=C(C)/C=C/[C@@H]2C[C@H](CO)CC(C)(C)O2)OC1. The summed E-state index contributed by atoms with van der Waals surface area (Å²) >= 11 is 0. The maximum absolute atomic E-state index is 12.0. The summed E-state index contributed by atoms with van der Waals surface area (Å²) in [5, 5.41) is 14.7. The molecule has 2 heterocycles. The zero-order valence-electron chi connectivity index (χ0n) is 20.9. The fourth-order valence-electron chi connectivity index (χ4n) is 3.98. The van der Waals surface area contributed by atoms with Crippen molar-refractivity contribution in [3.63, 3.8) is 0 Å². The zero-order valence-corrected chi connectivity index (χ0v) is 20.9. The molecule has 9 heteroatoms. The van der Waals surface area contributed by atoms with Gasteiger partial charge in [-0.1, -0.05) is 23.8 Å². The molecule has 3 atom stereocenters. The number of hydrogen-bond acceptors (Lipinski definition) is 7. The van der Waals surface area contributed by atoms with E-state index in [4.69, 9.17) is 18.9 Å². The second-order valence-electron chi connectivity index (χ2n) is 9.47. The Hall–Kier alpha value is -2.20. The molecule has 0 radical (unpaired) electrons. The Bertz CT molecular complexity index is 754. The van der Waals surface area contributed by atoms with Crippen LogP contribution in [-0.2, 0) is 23.7 Å². The first-order valence-corrected chi connectivity index (χ1v) is 11.8. The number of ether oxygens (including phenoxy) is 4. The molecule has 2 amide bonds.